The van der Waals surface area contributed by atoms with Gasteiger partial charge in [0.05, 0.1) is 0 Å². The van der Waals surface area contributed by atoms with E-state index in [4.69, 9.17) is 15.3 Å². The van der Waals surface area contributed by atoms with Crippen molar-refractivity contribution in [2.75, 3.05) is 26.2 Å². The lowest BCUT2D eigenvalue weighted by atomic mass is 10.1. The highest BCUT2D eigenvalue weighted by atomic mass is 16.4. The standard InChI is InChI=1S/C8H14N2O2.C4H4O4/c11-8(12)10-6-5-9-3-1-7(10)2-4-9;5-3(6)1-2-4(7)8/h7H,1-6H2,(H,11,12);1-2H,(H,5,6)(H,7,8). The van der Waals surface area contributed by atoms with Crippen molar-refractivity contribution in [2.45, 2.75) is 18.9 Å². The van der Waals surface area contributed by atoms with Crippen molar-refractivity contribution in [3.05, 3.63) is 12.2 Å². The Balaban J connectivity index is 0.000000221. The van der Waals surface area contributed by atoms with E-state index in [-0.39, 0.29) is 0 Å². The molecule has 8 nitrogen and oxygen atoms in total. The number of amides is 1. The van der Waals surface area contributed by atoms with Crippen LogP contribution in [0.4, 0.5) is 4.79 Å². The molecule has 0 unspecified atom stereocenters. The zero-order chi connectivity index (χ0) is 15.1. The van der Waals surface area contributed by atoms with E-state index in [1.54, 1.807) is 4.90 Å². The summed E-state index contributed by atoms with van der Waals surface area (Å²) in [5.74, 6) is -2.51. The second-order valence-electron chi connectivity index (χ2n) is 4.56. The van der Waals surface area contributed by atoms with Crippen LogP contribution in [0, 0.1) is 0 Å². The molecule has 0 aromatic heterocycles. The minimum absolute atomic E-state index is 0.293. The molecule has 3 aliphatic heterocycles. The Labute approximate surface area is 115 Å². The lowest BCUT2D eigenvalue weighted by Crippen LogP contribution is -2.40. The van der Waals surface area contributed by atoms with Crippen LogP contribution in [0.1, 0.15) is 12.8 Å². The Hall–Kier alpha value is -2.09. The van der Waals surface area contributed by atoms with Gasteiger partial charge in [-0.3, -0.25) is 0 Å². The molecule has 20 heavy (non-hydrogen) atoms. The van der Waals surface area contributed by atoms with E-state index in [1.165, 1.54) is 0 Å². The van der Waals surface area contributed by atoms with Crippen molar-refractivity contribution in [3.8, 4) is 0 Å². The molecule has 1 amide bonds. The van der Waals surface area contributed by atoms with Gasteiger partial charge in [-0.25, -0.2) is 14.4 Å². The number of carboxylic acids is 2. The minimum Gasteiger partial charge on any atom is -0.478 e. The molecule has 0 aromatic carbocycles. The quantitative estimate of drug-likeness (QED) is 0.618. The third-order valence-electron chi connectivity index (χ3n) is 3.27. The zero-order valence-corrected chi connectivity index (χ0v) is 10.9. The molecule has 0 spiro atoms. The van der Waals surface area contributed by atoms with Crippen LogP contribution < -0.4 is 0 Å². The molecule has 0 aromatic rings. The van der Waals surface area contributed by atoms with Crippen molar-refractivity contribution in [3.63, 3.8) is 0 Å². The number of aliphatic carboxylic acids is 2. The molecular formula is C12H18N2O6. The van der Waals surface area contributed by atoms with Crippen LogP contribution >= 0.6 is 0 Å². The van der Waals surface area contributed by atoms with Gasteiger partial charge in [0, 0.05) is 44.4 Å². The highest BCUT2D eigenvalue weighted by Gasteiger charge is 2.31. The van der Waals surface area contributed by atoms with Gasteiger partial charge in [0.15, 0.2) is 0 Å². The van der Waals surface area contributed by atoms with Crippen LogP contribution in [-0.4, -0.2) is 75.4 Å². The number of piperidine rings is 1. The van der Waals surface area contributed by atoms with Crippen LogP contribution in [0.3, 0.4) is 0 Å². The molecule has 3 rings (SSSR count). The average molecular weight is 286 g/mol. The van der Waals surface area contributed by atoms with Gasteiger partial charge in [0.25, 0.3) is 0 Å². The second-order valence-corrected chi connectivity index (χ2v) is 4.56. The van der Waals surface area contributed by atoms with E-state index in [1.807, 2.05) is 0 Å². The number of rotatable bonds is 2. The maximum Gasteiger partial charge on any atom is 0.407 e. The summed E-state index contributed by atoms with van der Waals surface area (Å²) in [6, 6.07) is 0.293. The summed E-state index contributed by atoms with van der Waals surface area (Å²) < 4.78 is 0. The van der Waals surface area contributed by atoms with Gasteiger partial charge in [-0.2, -0.15) is 0 Å². The molecule has 3 saturated heterocycles. The number of nitrogens with zero attached hydrogens (tertiary/aromatic N) is 2. The molecule has 3 aliphatic rings. The third-order valence-corrected chi connectivity index (χ3v) is 3.27. The topological polar surface area (TPSA) is 118 Å². The maximum absolute atomic E-state index is 10.8. The zero-order valence-electron chi connectivity index (χ0n) is 10.9. The average Bonchev–Trinajstić information content (AvgIpc) is 2.70. The fourth-order valence-electron chi connectivity index (χ4n) is 2.28. The maximum atomic E-state index is 10.8. The van der Waals surface area contributed by atoms with Gasteiger partial charge in [0.2, 0.25) is 0 Å². The first-order valence-electron chi connectivity index (χ1n) is 6.26. The monoisotopic (exact) mass is 286 g/mol. The van der Waals surface area contributed by atoms with Crippen molar-refractivity contribution < 1.29 is 29.7 Å². The van der Waals surface area contributed by atoms with E-state index in [9.17, 15) is 14.4 Å². The summed E-state index contributed by atoms with van der Waals surface area (Å²) in [5, 5.41) is 24.5. The van der Waals surface area contributed by atoms with Crippen molar-refractivity contribution in [1.82, 2.24) is 9.80 Å². The van der Waals surface area contributed by atoms with E-state index in [0.29, 0.717) is 24.7 Å². The number of hydrogen-bond acceptors (Lipinski definition) is 4. The summed E-state index contributed by atoms with van der Waals surface area (Å²) >= 11 is 0. The van der Waals surface area contributed by atoms with Crippen molar-refractivity contribution in [2.24, 2.45) is 0 Å². The molecule has 0 atom stereocenters. The Morgan fingerprint density at radius 2 is 1.35 bits per heavy atom. The molecule has 0 saturated carbocycles. The first kappa shape index (κ1) is 16.0. The van der Waals surface area contributed by atoms with E-state index in [2.05, 4.69) is 4.90 Å². The van der Waals surface area contributed by atoms with Crippen molar-refractivity contribution in [1.29, 1.82) is 0 Å². The van der Waals surface area contributed by atoms with Gasteiger partial charge in [-0.15, -0.1) is 0 Å². The molecule has 3 heterocycles. The van der Waals surface area contributed by atoms with Gasteiger partial charge in [-0.05, 0) is 12.8 Å². The summed E-state index contributed by atoms with van der Waals surface area (Å²) in [6.45, 7) is 3.77. The number of carboxylic acid groups (broad SMARTS) is 3. The summed E-state index contributed by atoms with van der Waals surface area (Å²) in [5.41, 5.74) is 0. The Morgan fingerprint density at radius 1 is 0.850 bits per heavy atom. The van der Waals surface area contributed by atoms with Gasteiger partial charge < -0.3 is 25.1 Å². The van der Waals surface area contributed by atoms with E-state index in [0.717, 1.165) is 32.5 Å². The fourth-order valence-corrected chi connectivity index (χ4v) is 2.28. The SMILES string of the molecule is O=C(O)C=CC(=O)O.O=C(O)N1CCN2CCC1CC2. The van der Waals surface area contributed by atoms with Crippen LogP contribution in [0.5, 0.6) is 0 Å². The van der Waals surface area contributed by atoms with Crippen LogP contribution in [0.15, 0.2) is 12.2 Å². The molecule has 0 aliphatic carbocycles. The largest absolute Gasteiger partial charge is 0.478 e. The van der Waals surface area contributed by atoms with Gasteiger partial charge >= 0.3 is 18.0 Å². The molecular weight excluding hydrogens is 268 g/mol. The third kappa shape index (κ3) is 5.27. The molecule has 0 radical (unpaired) electrons. The first-order valence-corrected chi connectivity index (χ1v) is 6.26. The number of carbonyl (C=O) groups is 3. The normalized spacial score (nSPS) is 24.7. The predicted octanol–water partition coefficient (Wildman–Crippen LogP) is 0.156. The second kappa shape index (κ2) is 7.49. The minimum atomic E-state index is -1.26. The van der Waals surface area contributed by atoms with Crippen LogP contribution in [0.2, 0.25) is 0 Å². The Kier molecular flexibility index (Phi) is 5.98. The highest BCUT2D eigenvalue weighted by Crippen LogP contribution is 2.20. The lowest BCUT2D eigenvalue weighted by molar-refractivity contribution is -0.134. The van der Waals surface area contributed by atoms with E-state index < -0.39 is 18.0 Å². The van der Waals surface area contributed by atoms with Crippen molar-refractivity contribution >= 4 is 18.0 Å². The van der Waals surface area contributed by atoms with Crippen LogP contribution in [0.25, 0.3) is 0 Å². The Morgan fingerprint density at radius 3 is 1.75 bits per heavy atom. The predicted molar refractivity (Wildman–Crippen MR) is 68.6 cm³/mol. The first-order chi connectivity index (χ1) is 9.40. The summed E-state index contributed by atoms with van der Waals surface area (Å²) in [7, 11) is 0. The molecule has 8 heteroatoms. The van der Waals surface area contributed by atoms with Gasteiger partial charge in [0.1, 0.15) is 0 Å². The summed E-state index contributed by atoms with van der Waals surface area (Å²) in [4.78, 5) is 33.9. The molecule has 3 fully saturated rings. The molecule has 2 bridgehead atoms. The molecule has 3 N–H and O–H groups in total. The van der Waals surface area contributed by atoms with Crippen LogP contribution in [-0.2, 0) is 9.59 Å². The molecule has 112 valence electrons. The Bertz CT molecular complexity index is 385. The smallest absolute Gasteiger partial charge is 0.407 e. The van der Waals surface area contributed by atoms with Gasteiger partial charge in [-0.1, -0.05) is 0 Å². The number of hydrogen-bond donors (Lipinski definition) is 3. The highest BCUT2D eigenvalue weighted by molar-refractivity contribution is 5.89. The summed E-state index contributed by atoms with van der Waals surface area (Å²) in [6.07, 6.45) is 2.41. The fraction of sp³-hybridized carbons (Fsp3) is 0.583. The number of fused-ring (bicyclic) bond motifs is 4. The van der Waals surface area contributed by atoms with E-state index >= 15 is 0 Å². The lowest BCUT2D eigenvalue weighted by Gasteiger charge is -2.29.